The molecule has 24 heavy (non-hydrogen) atoms. The maximum Gasteiger partial charge on any atom is 0.227 e. The Balaban J connectivity index is 1.87. The van der Waals surface area contributed by atoms with Crippen LogP contribution in [0.3, 0.4) is 0 Å². The van der Waals surface area contributed by atoms with Gasteiger partial charge in [0.25, 0.3) is 0 Å². The van der Waals surface area contributed by atoms with E-state index in [0.717, 1.165) is 36.9 Å². The average molecular weight is 351 g/mol. The molecule has 132 valence electrons. The Labute approximate surface area is 149 Å². The van der Waals surface area contributed by atoms with Crippen LogP contribution in [0.2, 0.25) is 5.02 Å². The second-order valence-electron chi connectivity index (χ2n) is 7.74. The van der Waals surface area contributed by atoms with E-state index in [1.165, 1.54) is 0 Å². The molecular formula is C19H27ClN2O2. The van der Waals surface area contributed by atoms with Crippen LogP contribution in [0.1, 0.15) is 52.0 Å². The third-order valence-electron chi connectivity index (χ3n) is 4.41. The second-order valence-corrected chi connectivity index (χ2v) is 8.17. The highest BCUT2D eigenvalue weighted by Gasteiger charge is 2.31. The van der Waals surface area contributed by atoms with Gasteiger partial charge in [-0.05, 0) is 77.1 Å². The SMILES string of the molecule is Cc1cc(Cl)ccc1NC(=O)C1CCC(C(=O)NC(C)(C)C)CC1. The van der Waals surface area contributed by atoms with Gasteiger partial charge in [-0.25, -0.2) is 0 Å². The summed E-state index contributed by atoms with van der Waals surface area (Å²) in [7, 11) is 0. The van der Waals surface area contributed by atoms with Gasteiger partial charge in [-0.3, -0.25) is 9.59 Å². The topological polar surface area (TPSA) is 58.2 Å². The normalized spacial score (nSPS) is 21.2. The second kappa shape index (κ2) is 7.56. The summed E-state index contributed by atoms with van der Waals surface area (Å²) in [5.41, 5.74) is 1.54. The predicted molar refractivity (Wildman–Crippen MR) is 98.2 cm³/mol. The van der Waals surface area contributed by atoms with E-state index >= 15 is 0 Å². The van der Waals surface area contributed by atoms with Crippen molar-refractivity contribution in [1.29, 1.82) is 0 Å². The first-order valence-electron chi connectivity index (χ1n) is 8.55. The maximum absolute atomic E-state index is 12.5. The molecule has 1 fully saturated rings. The van der Waals surface area contributed by atoms with Crippen molar-refractivity contribution < 1.29 is 9.59 Å². The van der Waals surface area contributed by atoms with Gasteiger partial charge < -0.3 is 10.6 Å². The quantitative estimate of drug-likeness (QED) is 0.853. The van der Waals surface area contributed by atoms with Gasteiger partial charge in [0, 0.05) is 28.1 Å². The summed E-state index contributed by atoms with van der Waals surface area (Å²) in [6.45, 7) is 7.88. The molecule has 5 heteroatoms. The monoisotopic (exact) mass is 350 g/mol. The third-order valence-corrected chi connectivity index (χ3v) is 4.65. The van der Waals surface area contributed by atoms with E-state index in [0.29, 0.717) is 5.02 Å². The molecule has 1 aliphatic rings. The Kier molecular flexibility index (Phi) is 5.92. The number of carbonyl (C=O) groups excluding carboxylic acids is 2. The summed E-state index contributed by atoms with van der Waals surface area (Å²) in [6, 6.07) is 5.45. The lowest BCUT2D eigenvalue weighted by Crippen LogP contribution is -2.45. The highest BCUT2D eigenvalue weighted by atomic mass is 35.5. The first-order chi connectivity index (χ1) is 11.2. The number of halogens is 1. The molecule has 1 saturated carbocycles. The number of carbonyl (C=O) groups is 2. The molecule has 2 N–H and O–H groups in total. The molecule has 0 aliphatic heterocycles. The number of hydrogen-bond donors (Lipinski definition) is 2. The van der Waals surface area contributed by atoms with Crippen LogP contribution in [0, 0.1) is 18.8 Å². The molecule has 0 heterocycles. The van der Waals surface area contributed by atoms with Crippen molar-refractivity contribution in [3.8, 4) is 0 Å². The van der Waals surface area contributed by atoms with Crippen LogP contribution in [0.15, 0.2) is 18.2 Å². The van der Waals surface area contributed by atoms with Crippen LogP contribution < -0.4 is 10.6 Å². The summed E-state index contributed by atoms with van der Waals surface area (Å²) >= 11 is 5.94. The first kappa shape index (κ1) is 18.8. The standard InChI is InChI=1S/C19H27ClN2O2/c1-12-11-15(20)9-10-16(12)21-17(23)13-5-7-14(8-6-13)18(24)22-19(2,3)4/h9-11,13-14H,5-8H2,1-4H3,(H,21,23)(H,22,24). The summed E-state index contributed by atoms with van der Waals surface area (Å²) in [5.74, 6) is 0.134. The van der Waals surface area contributed by atoms with Gasteiger partial charge >= 0.3 is 0 Å². The lowest BCUT2D eigenvalue weighted by Gasteiger charge is -2.30. The Morgan fingerprint density at radius 2 is 1.58 bits per heavy atom. The molecule has 0 aromatic heterocycles. The fraction of sp³-hybridized carbons (Fsp3) is 0.579. The molecule has 4 nitrogen and oxygen atoms in total. The van der Waals surface area contributed by atoms with Crippen LogP contribution in [-0.4, -0.2) is 17.4 Å². The van der Waals surface area contributed by atoms with Crippen molar-refractivity contribution >= 4 is 29.1 Å². The van der Waals surface area contributed by atoms with Crippen LogP contribution in [-0.2, 0) is 9.59 Å². The van der Waals surface area contributed by atoms with Crippen molar-refractivity contribution in [3.63, 3.8) is 0 Å². The molecule has 1 aromatic carbocycles. The molecule has 1 aromatic rings. The minimum atomic E-state index is -0.211. The van der Waals surface area contributed by atoms with Crippen molar-refractivity contribution in [2.45, 2.75) is 58.9 Å². The van der Waals surface area contributed by atoms with Gasteiger partial charge in [0.15, 0.2) is 0 Å². The van der Waals surface area contributed by atoms with Gasteiger partial charge in [0.1, 0.15) is 0 Å². The summed E-state index contributed by atoms with van der Waals surface area (Å²) in [5, 5.41) is 6.69. The molecule has 2 amide bonds. The fourth-order valence-corrected chi connectivity index (χ4v) is 3.32. The maximum atomic E-state index is 12.5. The zero-order valence-electron chi connectivity index (χ0n) is 14.9. The molecule has 0 bridgehead atoms. The minimum Gasteiger partial charge on any atom is -0.351 e. The molecule has 0 saturated heterocycles. The molecule has 0 spiro atoms. The van der Waals surface area contributed by atoms with Gasteiger partial charge in [-0.1, -0.05) is 11.6 Å². The Morgan fingerprint density at radius 1 is 1.04 bits per heavy atom. The highest BCUT2D eigenvalue weighted by molar-refractivity contribution is 6.30. The molecule has 0 atom stereocenters. The number of rotatable bonds is 3. The Morgan fingerprint density at radius 3 is 2.08 bits per heavy atom. The molecule has 1 aliphatic carbocycles. The van der Waals surface area contributed by atoms with Gasteiger partial charge in [-0.15, -0.1) is 0 Å². The van der Waals surface area contributed by atoms with E-state index in [1.54, 1.807) is 6.07 Å². The number of hydrogen-bond acceptors (Lipinski definition) is 2. The fourth-order valence-electron chi connectivity index (χ4n) is 3.09. The van der Waals surface area contributed by atoms with Crippen LogP contribution in [0.25, 0.3) is 0 Å². The number of nitrogens with one attached hydrogen (secondary N) is 2. The molecule has 2 rings (SSSR count). The predicted octanol–water partition coefficient (Wildman–Crippen LogP) is 4.31. The van der Waals surface area contributed by atoms with Crippen molar-refractivity contribution in [1.82, 2.24) is 5.32 Å². The van der Waals surface area contributed by atoms with E-state index in [4.69, 9.17) is 11.6 Å². The van der Waals surface area contributed by atoms with Crippen molar-refractivity contribution in [2.24, 2.45) is 11.8 Å². The van der Waals surface area contributed by atoms with E-state index in [-0.39, 0.29) is 29.2 Å². The van der Waals surface area contributed by atoms with E-state index in [9.17, 15) is 9.59 Å². The summed E-state index contributed by atoms with van der Waals surface area (Å²) < 4.78 is 0. The lowest BCUT2D eigenvalue weighted by molar-refractivity contribution is -0.129. The van der Waals surface area contributed by atoms with Gasteiger partial charge in [0.05, 0.1) is 0 Å². The number of anilines is 1. The van der Waals surface area contributed by atoms with Crippen LogP contribution in [0.4, 0.5) is 5.69 Å². The summed E-state index contributed by atoms with van der Waals surface area (Å²) in [4.78, 5) is 24.7. The Bertz CT molecular complexity index is 614. The highest BCUT2D eigenvalue weighted by Crippen LogP contribution is 2.31. The zero-order valence-corrected chi connectivity index (χ0v) is 15.7. The number of aryl methyl sites for hydroxylation is 1. The zero-order chi connectivity index (χ0) is 17.9. The summed E-state index contributed by atoms with van der Waals surface area (Å²) in [6.07, 6.45) is 3.03. The number of benzene rings is 1. The van der Waals surface area contributed by atoms with Crippen molar-refractivity contribution in [3.05, 3.63) is 28.8 Å². The van der Waals surface area contributed by atoms with Crippen LogP contribution in [0.5, 0.6) is 0 Å². The third kappa shape index (κ3) is 5.23. The first-order valence-corrected chi connectivity index (χ1v) is 8.92. The molecule has 0 radical (unpaired) electrons. The average Bonchev–Trinajstić information content (AvgIpc) is 2.48. The lowest BCUT2D eigenvalue weighted by atomic mass is 9.80. The Hall–Kier alpha value is -1.55. The number of amides is 2. The van der Waals surface area contributed by atoms with E-state index in [1.807, 2.05) is 39.8 Å². The molecule has 0 unspecified atom stereocenters. The van der Waals surface area contributed by atoms with E-state index < -0.39 is 0 Å². The smallest absolute Gasteiger partial charge is 0.227 e. The largest absolute Gasteiger partial charge is 0.351 e. The minimum absolute atomic E-state index is 0.0190. The van der Waals surface area contributed by atoms with Gasteiger partial charge in [-0.2, -0.15) is 0 Å². The van der Waals surface area contributed by atoms with Crippen molar-refractivity contribution in [2.75, 3.05) is 5.32 Å². The van der Waals surface area contributed by atoms with Gasteiger partial charge in [0.2, 0.25) is 11.8 Å². The molecular weight excluding hydrogens is 324 g/mol. The van der Waals surface area contributed by atoms with Crippen LogP contribution >= 0.6 is 11.6 Å². The van der Waals surface area contributed by atoms with E-state index in [2.05, 4.69) is 10.6 Å².